The first-order valence-corrected chi connectivity index (χ1v) is 9.36. The standard InChI is InChI=1S/C12H23O.C3H8O4S.Na/c1-2-3-4-5-6-7-8-9-10-11-12-13;1-7-8(5,6)3-2-4;/h2-11H2,1H3;4H,2-3H2,1H3;/q-1;;+1. The molecule has 5 nitrogen and oxygen atoms in total. The Bertz CT molecular complexity index is 307. The molecule has 1 N–H and O–H groups in total. The second-order valence-electron chi connectivity index (χ2n) is 4.87. The van der Waals surface area contributed by atoms with Gasteiger partial charge in [0.1, 0.15) is 0 Å². The summed E-state index contributed by atoms with van der Waals surface area (Å²) < 4.78 is 24.4. The maximum Gasteiger partial charge on any atom is 1.00 e. The first-order valence-electron chi connectivity index (χ1n) is 7.78. The van der Waals surface area contributed by atoms with Gasteiger partial charge in [0.15, 0.2) is 0 Å². The Balaban J connectivity index is -0.000000348. The van der Waals surface area contributed by atoms with Gasteiger partial charge in [0.05, 0.1) is 19.5 Å². The average Bonchev–Trinajstić information content (AvgIpc) is 2.46. The van der Waals surface area contributed by atoms with Crippen LogP contribution in [0.5, 0.6) is 0 Å². The van der Waals surface area contributed by atoms with E-state index in [-0.39, 0.29) is 35.3 Å². The van der Waals surface area contributed by atoms with Crippen molar-refractivity contribution in [3.8, 4) is 0 Å². The van der Waals surface area contributed by atoms with Crippen LogP contribution >= 0.6 is 0 Å². The van der Waals surface area contributed by atoms with Crippen LogP contribution in [0.15, 0.2) is 0 Å². The fraction of sp³-hybridized carbons (Fsp3) is 0.933. The van der Waals surface area contributed by atoms with Gasteiger partial charge in [0, 0.05) is 0 Å². The minimum atomic E-state index is -3.42. The molecule has 0 aliphatic carbocycles. The van der Waals surface area contributed by atoms with Gasteiger partial charge in [-0.2, -0.15) is 14.8 Å². The van der Waals surface area contributed by atoms with Crippen LogP contribution in [0.2, 0.25) is 0 Å². The first kappa shape index (κ1) is 27.4. The molecule has 0 aromatic heterocycles. The van der Waals surface area contributed by atoms with E-state index in [1.165, 1.54) is 51.4 Å². The quantitative estimate of drug-likeness (QED) is 0.219. The third-order valence-corrected chi connectivity index (χ3v) is 4.17. The molecule has 22 heavy (non-hydrogen) atoms. The molecule has 128 valence electrons. The largest absolute Gasteiger partial charge is 1.00 e. The number of hydrogen-bond acceptors (Lipinski definition) is 5. The maximum absolute atomic E-state index is 10.2. The zero-order valence-corrected chi connectivity index (χ0v) is 17.3. The van der Waals surface area contributed by atoms with Crippen LogP contribution < -0.4 is 29.6 Å². The number of rotatable bonds is 13. The summed E-state index contributed by atoms with van der Waals surface area (Å²) in [6.07, 6.45) is 14.4. The van der Waals surface area contributed by atoms with Gasteiger partial charge in [-0.25, -0.2) is 0 Å². The van der Waals surface area contributed by atoms with Crippen molar-refractivity contribution in [2.45, 2.75) is 71.1 Å². The third-order valence-electron chi connectivity index (χ3n) is 2.98. The van der Waals surface area contributed by atoms with E-state index in [0.717, 1.165) is 13.5 Å². The van der Waals surface area contributed by atoms with Crippen LogP contribution in [-0.2, 0) is 19.1 Å². The Morgan fingerprint density at radius 3 is 1.73 bits per heavy atom. The molecule has 0 amide bonds. The molecule has 0 bridgehead atoms. The minimum absolute atomic E-state index is 0. The monoisotopic (exact) mass is 346 g/mol. The van der Waals surface area contributed by atoms with E-state index in [4.69, 9.17) is 5.11 Å². The van der Waals surface area contributed by atoms with E-state index in [1.54, 1.807) is 0 Å². The Morgan fingerprint density at radius 2 is 1.41 bits per heavy atom. The molecule has 0 heterocycles. The summed E-state index contributed by atoms with van der Waals surface area (Å²) >= 11 is 0. The van der Waals surface area contributed by atoms with E-state index in [2.05, 4.69) is 11.1 Å². The van der Waals surface area contributed by atoms with Crippen molar-refractivity contribution in [2.24, 2.45) is 0 Å². The Kier molecular flexibility index (Phi) is 26.8. The summed E-state index contributed by atoms with van der Waals surface area (Å²) in [4.78, 5) is 9.89. The summed E-state index contributed by atoms with van der Waals surface area (Å²) in [6, 6.07) is 0. The van der Waals surface area contributed by atoms with Crippen LogP contribution in [0.3, 0.4) is 0 Å². The van der Waals surface area contributed by atoms with E-state index in [0.29, 0.717) is 6.42 Å². The third kappa shape index (κ3) is 25.5. The van der Waals surface area contributed by atoms with Gasteiger partial charge in [0.25, 0.3) is 10.1 Å². The number of aliphatic hydroxyl groups excluding tert-OH is 1. The van der Waals surface area contributed by atoms with E-state index < -0.39 is 16.7 Å². The predicted molar refractivity (Wildman–Crippen MR) is 85.4 cm³/mol. The van der Waals surface area contributed by atoms with E-state index in [9.17, 15) is 13.2 Å². The van der Waals surface area contributed by atoms with Crippen LogP contribution in [0.4, 0.5) is 0 Å². The molecular formula is C15H31NaO5S. The number of hydrogen-bond donors (Lipinski definition) is 1. The van der Waals surface area contributed by atoms with Crippen molar-refractivity contribution in [1.29, 1.82) is 0 Å². The van der Waals surface area contributed by atoms with Crippen molar-refractivity contribution in [1.82, 2.24) is 0 Å². The number of unbranched alkanes of at least 4 members (excludes halogenated alkanes) is 9. The Morgan fingerprint density at radius 1 is 0.955 bits per heavy atom. The molecule has 0 aliphatic heterocycles. The second kappa shape index (κ2) is 21.5. The fourth-order valence-corrected chi connectivity index (χ4v) is 2.09. The predicted octanol–water partition coefficient (Wildman–Crippen LogP) is -0.0241. The van der Waals surface area contributed by atoms with Crippen LogP contribution in [0.1, 0.15) is 71.1 Å². The van der Waals surface area contributed by atoms with E-state index >= 15 is 0 Å². The van der Waals surface area contributed by atoms with Crippen LogP contribution in [0, 0.1) is 0 Å². The van der Waals surface area contributed by atoms with Crippen molar-refractivity contribution in [3.05, 3.63) is 0 Å². The van der Waals surface area contributed by atoms with Gasteiger partial charge in [-0.15, -0.1) is 0 Å². The number of carbonyl (C=O) groups excluding carboxylic acids is 1. The van der Waals surface area contributed by atoms with Gasteiger partial charge in [0.2, 0.25) is 0 Å². The summed E-state index contributed by atoms with van der Waals surface area (Å²) in [5, 5.41) is 8.07. The summed E-state index contributed by atoms with van der Waals surface area (Å²) in [5.41, 5.74) is 0. The molecule has 0 saturated heterocycles. The van der Waals surface area contributed by atoms with Crippen molar-refractivity contribution in [3.63, 3.8) is 0 Å². The Hall–Kier alpha value is 0.540. The van der Waals surface area contributed by atoms with Crippen molar-refractivity contribution in [2.75, 3.05) is 19.5 Å². The van der Waals surface area contributed by atoms with Crippen LogP contribution in [0.25, 0.3) is 0 Å². The Labute approximate surface area is 158 Å². The molecule has 0 atom stereocenters. The van der Waals surface area contributed by atoms with Gasteiger partial charge in [-0.1, -0.05) is 64.7 Å². The summed E-state index contributed by atoms with van der Waals surface area (Å²) in [5.74, 6) is -0.330. The molecule has 0 spiro atoms. The molecule has 0 aromatic rings. The van der Waals surface area contributed by atoms with Gasteiger partial charge in [-0.05, 0) is 0 Å². The molecule has 0 unspecified atom stereocenters. The van der Waals surface area contributed by atoms with Crippen molar-refractivity contribution >= 4 is 16.4 Å². The van der Waals surface area contributed by atoms with E-state index in [1.807, 2.05) is 6.29 Å². The smallest absolute Gasteiger partial charge is 0.542 e. The second-order valence-corrected chi connectivity index (χ2v) is 6.73. The zero-order chi connectivity index (χ0) is 16.4. The molecule has 0 radical (unpaired) electrons. The SMILES string of the molecule is CCCCCCCCCCC[C-]=O.COS(=O)(=O)CCO.[Na+]. The molecule has 0 fully saturated rings. The molecular weight excluding hydrogens is 315 g/mol. The maximum atomic E-state index is 10.2. The minimum Gasteiger partial charge on any atom is -0.542 e. The summed E-state index contributed by atoms with van der Waals surface area (Å²) in [6.45, 7) is 1.85. The fourth-order valence-electron chi connectivity index (χ4n) is 1.70. The van der Waals surface area contributed by atoms with Gasteiger partial charge < -0.3 is 9.90 Å². The van der Waals surface area contributed by atoms with Crippen molar-refractivity contribution < 1.29 is 52.1 Å². The number of aliphatic hydroxyl groups is 1. The first-order chi connectivity index (χ1) is 10.0. The molecule has 7 heteroatoms. The molecule has 0 saturated carbocycles. The molecule has 0 rings (SSSR count). The molecule has 0 aliphatic rings. The topological polar surface area (TPSA) is 80.7 Å². The van der Waals surface area contributed by atoms with Gasteiger partial charge in [-0.3, -0.25) is 10.5 Å². The normalized spacial score (nSPS) is 10.3. The van der Waals surface area contributed by atoms with Crippen LogP contribution in [-0.4, -0.2) is 39.3 Å². The average molecular weight is 346 g/mol. The van der Waals surface area contributed by atoms with Gasteiger partial charge >= 0.3 is 29.6 Å². The zero-order valence-electron chi connectivity index (χ0n) is 14.5. The summed E-state index contributed by atoms with van der Waals surface area (Å²) in [7, 11) is -2.36. The molecule has 0 aromatic carbocycles.